The van der Waals surface area contributed by atoms with E-state index in [2.05, 4.69) is 20.4 Å². The summed E-state index contributed by atoms with van der Waals surface area (Å²) in [7, 11) is 0. The molecule has 0 amide bonds. The van der Waals surface area contributed by atoms with Gasteiger partial charge in [0.2, 0.25) is 0 Å². The third-order valence-corrected chi connectivity index (χ3v) is 3.71. The van der Waals surface area contributed by atoms with Gasteiger partial charge in [-0.25, -0.2) is 0 Å². The highest BCUT2D eigenvalue weighted by molar-refractivity contribution is 5.74. The zero-order valence-electron chi connectivity index (χ0n) is 11.1. The summed E-state index contributed by atoms with van der Waals surface area (Å²) in [6.45, 7) is 3.48. The van der Waals surface area contributed by atoms with E-state index in [9.17, 15) is 0 Å². The number of para-hydroxylation sites is 1. The van der Waals surface area contributed by atoms with Gasteiger partial charge in [-0.15, -0.1) is 0 Å². The molecular formula is C14H16N4O2. The van der Waals surface area contributed by atoms with E-state index in [1.165, 1.54) is 12.8 Å². The molecule has 6 nitrogen and oxygen atoms in total. The molecule has 104 valence electrons. The van der Waals surface area contributed by atoms with Crippen LogP contribution in [0.15, 0.2) is 22.7 Å². The van der Waals surface area contributed by atoms with Crippen molar-refractivity contribution >= 4 is 11.6 Å². The van der Waals surface area contributed by atoms with Gasteiger partial charge in [0.15, 0.2) is 5.75 Å². The smallest absolute Gasteiger partial charge is 0.266 e. The Morgan fingerprint density at radius 1 is 1.20 bits per heavy atom. The quantitative estimate of drug-likeness (QED) is 0.903. The summed E-state index contributed by atoms with van der Waals surface area (Å²) in [6.07, 6.45) is 2.38. The Balaban J connectivity index is 1.70. The Labute approximate surface area is 116 Å². The highest BCUT2D eigenvalue weighted by Gasteiger charge is 2.22. The van der Waals surface area contributed by atoms with Crippen molar-refractivity contribution in [2.75, 3.05) is 36.5 Å². The van der Waals surface area contributed by atoms with E-state index in [-0.39, 0.29) is 0 Å². The lowest BCUT2D eigenvalue weighted by molar-refractivity contribution is 0.322. The highest BCUT2D eigenvalue weighted by atomic mass is 16.5. The fourth-order valence-electron chi connectivity index (χ4n) is 2.71. The highest BCUT2D eigenvalue weighted by Crippen LogP contribution is 2.37. The van der Waals surface area contributed by atoms with Crippen LogP contribution in [-0.2, 0) is 0 Å². The molecule has 0 saturated carbocycles. The van der Waals surface area contributed by atoms with Crippen LogP contribution in [0.25, 0.3) is 11.5 Å². The number of aromatic nitrogens is 2. The maximum atomic E-state index is 5.74. The molecular weight excluding hydrogens is 256 g/mol. The van der Waals surface area contributed by atoms with E-state index in [4.69, 9.17) is 9.26 Å². The standard InChI is InChI=1S/C14H16N4O2/c1-2-8-18(7-1)14-16-13(20-17-14)10-4-3-5-11-12(10)19-9-6-15-11/h3-5,15H,1-2,6-9H2. The third kappa shape index (κ3) is 1.88. The molecule has 1 fully saturated rings. The molecule has 0 radical (unpaired) electrons. The van der Waals surface area contributed by atoms with E-state index < -0.39 is 0 Å². The Bertz CT molecular complexity index is 619. The summed E-state index contributed by atoms with van der Waals surface area (Å²) in [5.41, 5.74) is 1.84. The van der Waals surface area contributed by atoms with Crippen molar-refractivity contribution in [3.05, 3.63) is 18.2 Å². The summed E-state index contributed by atoms with van der Waals surface area (Å²) in [4.78, 5) is 6.67. The van der Waals surface area contributed by atoms with Crippen molar-refractivity contribution in [2.45, 2.75) is 12.8 Å². The van der Waals surface area contributed by atoms with Crippen LogP contribution in [0, 0.1) is 0 Å². The average molecular weight is 272 g/mol. The number of ether oxygens (including phenoxy) is 1. The SMILES string of the molecule is c1cc2c(c(-c3nc(N4CCCC4)no3)c1)OCCN2. The van der Waals surface area contributed by atoms with Crippen molar-refractivity contribution in [3.8, 4) is 17.2 Å². The summed E-state index contributed by atoms with van der Waals surface area (Å²) in [5.74, 6) is 2.00. The first-order chi connectivity index (χ1) is 9.92. The minimum absolute atomic E-state index is 0.521. The molecule has 1 N–H and O–H groups in total. The Morgan fingerprint density at radius 2 is 2.10 bits per heavy atom. The van der Waals surface area contributed by atoms with Crippen molar-refractivity contribution in [1.82, 2.24) is 10.1 Å². The van der Waals surface area contributed by atoms with Crippen molar-refractivity contribution in [2.24, 2.45) is 0 Å². The van der Waals surface area contributed by atoms with Gasteiger partial charge in [-0.05, 0) is 30.1 Å². The molecule has 0 spiro atoms. The van der Waals surface area contributed by atoms with Crippen LogP contribution in [0.5, 0.6) is 5.75 Å². The monoisotopic (exact) mass is 272 g/mol. The molecule has 0 atom stereocenters. The van der Waals surface area contributed by atoms with Crippen molar-refractivity contribution < 1.29 is 9.26 Å². The first-order valence-electron chi connectivity index (χ1n) is 7.00. The van der Waals surface area contributed by atoms with Crippen LogP contribution in [0.1, 0.15) is 12.8 Å². The fraction of sp³-hybridized carbons (Fsp3) is 0.429. The van der Waals surface area contributed by atoms with Crippen molar-refractivity contribution in [1.29, 1.82) is 0 Å². The molecule has 0 bridgehead atoms. The molecule has 20 heavy (non-hydrogen) atoms. The maximum Gasteiger partial charge on any atom is 0.266 e. The normalized spacial score (nSPS) is 17.5. The van der Waals surface area contributed by atoms with E-state index in [1.54, 1.807) is 0 Å². The summed E-state index contributed by atoms with van der Waals surface area (Å²) < 4.78 is 11.2. The van der Waals surface area contributed by atoms with Crippen LogP contribution in [0.3, 0.4) is 0 Å². The number of nitrogens with one attached hydrogen (secondary N) is 1. The van der Waals surface area contributed by atoms with Crippen LogP contribution in [0.2, 0.25) is 0 Å². The predicted octanol–water partition coefficient (Wildman–Crippen LogP) is 2.14. The lowest BCUT2D eigenvalue weighted by Gasteiger charge is -2.20. The lowest BCUT2D eigenvalue weighted by Crippen LogP contribution is -2.19. The molecule has 2 aromatic rings. The second-order valence-electron chi connectivity index (χ2n) is 5.05. The molecule has 3 heterocycles. The predicted molar refractivity (Wildman–Crippen MR) is 75.2 cm³/mol. The van der Waals surface area contributed by atoms with E-state index in [1.807, 2.05) is 18.2 Å². The molecule has 2 aliphatic heterocycles. The van der Waals surface area contributed by atoms with Crippen LogP contribution in [-0.4, -0.2) is 36.4 Å². The summed E-state index contributed by atoms with van der Waals surface area (Å²) >= 11 is 0. The number of hydrogen-bond donors (Lipinski definition) is 1. The van der Waals surface area contributed by atoms with Crippen LogP contribution >= 0.6 is 0 Å². The lowest BCUT2D eigenvalue weighted by atomic mass is 10.1. The Morgan fingerprint density at radius 3 is 3.00 bits per heavy atom. The first-order valence-corrected chi connectivity index (χ1v) is 7.00. The van der Waals surface area contributed by atoms with Crippen molar-refractivity contribution in [3.63, 3.8) is 0 Å². The molecule has 1 saturated heterocycles. The maximum absolute atomic E-state index is 5.74. The van der Waals surface area contributed by atoms with Gasteiger partial charge in [-0.1, -0.05) is 6.07 Å². The van der Waals surface area contributed by atoms with Gasteiger partial charge in [-0.3, -0.25) is 0 Å². The largest absolute Gasteiger partial charge is 0.489 e. The second-order valence-corrected chi connectivity index (χ2v) is 5.05. The molecule has 6 heteroatoms. The van der Waals surface area contributed by atoms with Gasteiger partial charge in [-0.2, -0.15) is 4.98 Å². The van der Waals surface area contributed by atoms with Gasteiger partial charge in [0.05, 0.1) is 11.3 Å². The Kier molecular flexibility index (Phi) is 2.72. The average Bonchev–Trinajstić information content (AvgIpc) is 3.17. The molecule has 2 aliphatic rings. The van der Waals surface area contributed by atoms with E-state index in [0.29, 0.717) is 18.4 Å². The van der Waals surface area contributed by atoms with E-state index in [0.717, 1.165) is 36.6 Å². The second kappa shape index (κ2) is 4.70. The minimum Gasteiger partial charge on any atom is -0.489 e. The minimum atomic E-state index is 0.521. The summed E-state index contributed by atoms with van der Waals surface area (Å²) in [5, 5.41) is 7.40. The third-order valence-electron chi connectivity index (χ3n) is 3.71. The molecule has 1 aromatic carbocycles. The molecule has 4 rings (SSSR count). The topological polar surface area (TPSA) is 63.4 Å². The van der Waals surface area contributed by atoms with Gasteiger partial charge in [0.1, 0.15) is 6.61 Å². The van der Waals surface area contributed by atoms with Gasteiger partial charge in [0.25, 0.3) is 11.8 Å². The van der Waals surface area contributed by atoms with Gasteiger partial charge >= 0.3 is 0 Å². The van der Waals surface area contributed by atoms with Crippen LogP contribution < -0.4 is 15.0 Å². The number of fused-ring (bicyclic) bond motifs is 1. The van der Waals surface area contributed by atoms with Gasteiger partial charge in [0, 0.05) is 19.6 Å². The van der Waals surface area contributed by atoms with Crippen LogP contribution in [0.4, 0.5) is 11.6 Å². The van der Waals surface area contributed by atoms with Gasteiger partial charge < -0.3 is 19.5 Å². The van der Waals surface area contributed by atoms with E-state index >= 15 is 0 Å². The number of anilines is 2. The number of nitrogens with zero attached hydrogens (tertiary/aromatic N) is 3. The number of benzene rings is 1. The molecule has 0 unspecified atom stereocenters. The number of rotatable bonds is 2. The number of hydrogen-bond acceptors (Lipinski definition) is 6. The Hall–Kier alpha value is -2.24. The summed E-state index contributed by atoms with van der Waals surface area (Å²) in [6, 6.07) is 5.92. The first kappa shape index (κ1) is 11.6. The molecule has 0 aliphatic carbocycles. The fourth-order valence-corrected chi connectivity index (χ4v) is 2.71. The zero-order chi connectivity index (χ0) is 13.4. The molecule has 1 aromatic heterocycles. The zero-order valence-corrected chi connectivity index (χ0v) is 11.1.